The summed E-state index contributed by atoms with van der Waals surface area (Å²) < 4.78 is 0. The average Bonchev–Trinajstić information content (AvgIpc) is 2.42. The molecule has 0 aliphatic heterocycles. The smallest absolute Gasteiger partial charge is 0.0381 e. The number of anilines is 1. The quantitative estimate of drug-likeness (QED) is 0.833. The molecule has 0 radical (unpaired) electrons. The van der Waals surface area contributed by atoms with Gasteiger partial charge in [0.1, 0.15) is 0 Å². The maximum atomic E-state index is 3.78. The minimum Gasteiger partial charge on any atom is -0.359 e. The van der Waals surface area contributed by atoms with Gasteiger partial charge in [-0.25, -0.2) is 0 Å². The minimum absolute atomic E-state index is 1.14. The Morgan fingerprint density at radius 1 is 1.00 bits per heavy atom. The lowest BCUT2D eigenvalue weighted by Crippen LogP contribution is -1.93. The molecule has 1 heterocycles. The summed E-state index contributed by atoms with van der Waals surface area (Å²) >= 11 is 0. The molecule has 0 saturated carbocycles. The summed E-state index contributed by atoms with van der Waals surface area (Å²) in [4.78, 5) is 3.78. The Morgan fingerprint density at radius 2 is 1.59 bits per heavy atom. The van der Waals surface area contributed by atoms with E-state index in [1.165, 1.54) is 5.70 Å². The fourth-order valence-corrected chi connectivity index (χ4v) is 1.13. The van der Waals surface area contributed by atoms with Crippen LogP contribution in [0, 0.1) is 0 Å². The Balaban J connectivity index is 0.000000202. The lowest BCUT2D eigenvalue weighted by atomic mass is 10.3. The number of nitrogens with one attached hydrogen (secondary N) is 1. The fourth-order valence-electron chi connectivity index (χ4n) is 1.13. The van der Waals surface area contributed by atoms with Gasteiger partial charge >= 0.3 is 0 Å². The first-order valence-electron chi connectivity index (χ1n) is 5.63. The maximum Gasteiger partial charge on any atom is 0.0381 e. The third-order valence-corrected chi connectivity index (χ3v) is 2.11. The van der Waals surface area contributed by atoms with E-state index in [1.807, 2.05) is 68.5 Å². The van der Waals surface area contributed by atoms with Crippen LogP contribution >= 0.6 is 0 Å². The third kappa shape index (κ3) is 6.15. The van der Waals surface area contributed by atoms with E-state index in [0.29, 0.717) is 0 Å². The summed E-state index contributed by atoms with van der Waals surface area (Å²) in [5.41, 5.74) is 2.32. The highest BCUT2D eigenvalue weighted by Crippen LogP contribution is 2.07. The Morgan fingerprint density at radius 3 is 2.00 bits per heavy atom. The van der Waals surface area contributed by atoms with Gasteiger partial charge in [-0.1, -0.05) is 30.3 Å². The molecule has 0 aliphatic rings. The van der Waals surface area contributed by atoms with Crippen LogP contribution in [0.3, 0.4) is 0 Å². The van der Waals surface area contributed by atoms with Crippen molar-refractivity contribution >= 4 is 5.69 Å². The molecule has 0 unspecified atom stereocenters. The zero-order valence-electron chi connectivity index (χ0n) is 10.3. The number of aromatic nitrogens is 1. The van der Waals surface area contributed by atoms with Crippen LogP contribution in [0.25, 0.3) is 0 Å². The summed E-state index contributed by atoms with van der Waals surface area (Å²) in [6.45, 7) is 4.07. The number of nitrogens with zero attached hydrogens (tertiary/aromatic N) is 1. The Labute approximate surface area is 103 Å². The molecule has 0 spiro atoms. The van der Waals surface area contributed by atoms with Crippen LogP contribution in [-0.4, -0.2) is 4.98 Å². The molecular formula is C15H18N2. The highest BCUT2D eigenvalue weighted by atomic mass is 14.9. The lowest BCUT2D eigenvalue weighted by Gasteiger charge is -2.04. The number of hydrogen-bond acceptors (Lipinski definition) is 2. The predicted molar refractivity (Wildman–Crippen MR) is 73.7 cm³/mol. The Hall–Kier alpha value is -2.09. The summed E-state index contributed by atoms with van der Waals surface area (Å²) in [6, 6.07) is 15.9. The van der Waals surface area contributed by atoms with Gasteiger partial charge in [0, 0.05) is 23.8 Å². The number of para-hydroxylation sites is 1. The van der Waals surface area contributed by atoms with Gasteiger partial charge in [0.05, 0.1) is 0 Å². The molecule has 0 saturated heterocycles. The molecule has 0 bridgehead atoms. The Kier molecular flexibility index (Phi) is 6.19. The van der Waals surface area contributed by atoms with Crippen LogP contribution in [0.2, 0.25) is 0 Å². The maximum absolute atomic E-state index is 3.78. The Bertz CT molecular complexity index is 394. The predicted octanol–water partition coefficient (Wildman–Crippen LogP) is 4.10. The second kappa shape index (κ2) is 8.11. The molecule has 2 rings (SSSR count). The second-order valence-corrected chi connectivity index (χ2v) is 3.49. The average molecular weight is 226 g/mol. The van der Waals surface area contributed by atoms with Crippen molar-refractivity contribution in [3.05, 3.63) is 72.7 Å². The standard InChI is InChI=1S/C10H13N.C5H5N/c1-3-9(2)11-10-7-5-4-6-8-10;1-2-4-6-5-3-1/h3-8,11H,1-2H3;1-5H/b9-3-;. The molecule has 1 N–H and O–H groups in total. The van der Waals surface area contributed by atoms with Gasteiger partial charge < -0.3 is 5.32 Å². The molecule has 88 valence electrons. The fraction of sp³-hybridized carbons (Fsp3) is 0.133. The largest absolute Gasteiger partial charge is 0.359 e. The summed E-state index contributed by atoms with van der Waals surface area (Å²) in [6.07, 6.45) is 5.55. The van der Waals surface area contributed by atoms with Crippen LogP contribution in [0.15, 0.2) is 72.7 Å². The van der Waals surface area contributed by atoms with Gasteiger partial charge in [0.2, 0.25) is 0 Å². The highest BCUT2D eigenvalue weighted by molar-refractivity contribution is 5.47. The zero-order valence-corrected chi connectivity index (χ0v) is 10.3. The summed E-state index contributed by atoms with van der Waals surface area (Å²) in [5, 5.41) is 3.25. The van der Waals surface area contributed by atoms with Crippen molar-refractivity contribution in [1.29, 1.82) is 0 Å². The van der Waals surface area contributed by atoms with Gasteiger partial charge in [0.25, 0.3) is 0 Å². The van der Waals surface area contributed by atoms with Crippen molar-refractivity contribution in [1.82, 2.24) is 4.98 Å². The van der Waals surface area contributed by atoms with Crippen LogP contribution in [0.5, 0.6) is 0 Å². The van der Waals surface area contributed by atoms with Crippen LogP contribution in [0.1, 0.15) is 13.8 Å². The number of benzene rings is 1. The molecular weight excluding hydrogens is 208 g/mol. The number of hydrogen-bond donors (Lipinski definition) is 1. The van der Waals surface area contributed by atoms with Crippen molar-refractivity contribution in [2.24, 2.45) is 0 Å². The van der Waals surface area contributed by atoms with E-state index < -0.39 is 0 Å². The van der Waals surface area contributed by atoms with E-state index in [0.717, 1.165) is 5.69 Å². The molecule has 0 amide bonds. The topological polar surface area (TPSA) is 24.9 Å². The van der Waals surface area contributed by atoms with E-state index in [-0.39, 0.29) is 0 Å². The van der Waals surface area contributed by atoms with E-state index in [4.69, 9.17) is 0 Å². The van der Waals surface area contributed by atoms with Crippen molar-refractivity contribution in [3.8, 4) is 0 Å². The molecule has 2 nitrogen and oxygen atoms in total. The van der Waals surface area contributed by atoms with E-state index >= 15 is 0 Å². The summed E-state index contributed by atoms with van der Waals surface area (Å²) in [7, 11) is 0. The van der Waals surface area contributed by atoms with E-state index in [2.05, 4.69) is 10.3 Å². The van der Waals surface area contributed by atoms with Crippen LogP contribution < -0.4 is 5.32 Å². The van der Waals surface area contributed by atoms with Gasteiger partial charge in [-0.15, -0.1) is 0 Å². The van der Waals surface area contributed by atoms with Crippen molar-refractivity contribution in [2.75, 3.05) is 5.32 Å². The first-order chi connectivity index (χ1) is 8.33. The molecule has 2 heteroatoms. The van der Waals surface area contributed by atoms with Crippen molar-refractivity contribution < 1.29 is 0 Å². The zero-order chi connectivity index (χ0) is 12.3. The molecule has 17 heavy (non-hydrogen) atoms. The number of allylic oxidation sites excluding steroid dienone is 2. The van der Waals surface area contributed by atoms with Gasteiger partial charge in [-0.3, -0.25) is 4.98 Å². The van der Waals surface area contributed by atoms with Crippen molar-refractivity contribution in [3.63, 3.8) is 0 Å². The first-order valence-corrected chi connectivity index (χ1v) is 5.63. The third-order valence-electron chi connectivity index (χ3n) is 2.11. The molecule has 1 aromatic carbocycles. The normalized spacial score (nSPS) is 10.1. The van der Waals surface area contributed by atoms with Gasteiger partial charge in [0.15, 0.2) is 0 Å². The number of pyridine rings is 1. The number of rotatable bonds is 2. The van der Waals surface area contributed by atoms with Crippen LogP contribution in [-0.2, 0) is 0 Å². The second-order valence-electron chi connectivity index (χ2n) is 3.49. The monoisotopic (exact) mass is 226 g/mol. The van der Waals surface area contributed by atoms with Gasteiger partial charge in [-0.2, -0.15) is 0 Å². The van der Waals surface area contributed by atoms with E-state index in [9.17, 15) is 0 Å². The first kappa shape index (κ1) is 13.0. The van der Waals surface area contributed by atoms with Crippen molar-refractivity contribution in [2.45, 2.75) is 13.8 Å². The SMILES string of the molecule is C/C=C(/C)Nc1ccccc1.c1ccncc1. The molecule has 0 fully saturated rings. The van der Waals surface area contributed by atoms with Crippen LogP contribution in [0.4, 0.5) is 5.69 Å². The molecule has 0 aliphatic carbocycles. The molecule has 1 aromatic heterocycles. The molecule has 0 atom stereocenters. The van der Waals surface area contributed by atoms with Gasteiger partial charge in [-0.05, 0) is 38.1 Å². The summed E-state index contributed by atoms with van der Waals surface area (Å²) in [5.74, 6) is 0. The lowest BCUT2D eigenvalue weighted by molar-refractivity contribution is 1.33. The van der Waals surface area contributed by atoms with E-state index in [1.54, 1.807) is 12.4 Å². The highest BCUT2D eigenvalue weighted by Gasteiger charge is 1.87. The molecule has 2 aromatic rings. The minimum atomic E-state index is 1.14.